The van der Waals surface area contributed by atoms with Crippen molar-refractivity contribution in [2.45, 2.75) is 6.10 Å². The third-order valence-corrected chi connectivity index (χ3v) is 3.80. The Labute approximate surface area is 128 Å². The third kappa shape index (κ3) is 4.33. The molecule has 20 heavy (non-hydrogen) atoms. The molecule has 0 bridgehead atoms. The molecule has 3 N–H and O–H groups in total. The number of morpholine rings is 1. The first kappa shape index (κ1) is 15.5. The summed E-state index contributed by atoms with van der Waals surface area (Å²) in [6.07, 6.45) is 0.00141. The predicted molar refractivity (Wildman–Crippen MR) is 80.3 cm³/mol. The number of amides is 1. The average Bonchev–Trinajstić information content (AvgIpc) is 2.43. The number of rotatable bonds is 4. The number of halogens is 2. The van der Waals surface area contributed by atoms with E-state index in [2.05, 4.69) is 5.32 Å². The number of ether oxygens (including phenoxy) is 1. The fraction of sp³-hybridized carbons (Fsp3) is 0.462. The molecule has 0 radical (unpaired) electrons. The lowest BCUT2D eigenvalue weighted by atomic mass is 10.2. The molecule has 1 heterocycles. The highest BCUT2D eigenvalue weighted by molar-refractivity contribution is 6.42. The third-order valence-electron chi connectivity index (χ3n) is 3.06. The highest BCUT2D eigenvalue weighted by atomic mass is 35.5. The summed E-state index contributed by atoms with van der Waals surface area (Å²) in [6.45, 7) is 2.77. The lowest BCUT2D eigenvalue weighted by Crippen LogP contribution is -2.48. The van der Waals surface area contributed by atoms with Gasteiger partial charge in [0, 0.05) is 25.3 Å². The number of anilines is 1. The maximum Gasteiger partial charge on any atom is 0.238 e. The molecule has 0 saturated carbocycles. The van der Waals surface area contributed by atoms with Crippen molar-refractivity contribution in [1.29, 1.82) is 0 Å². The first-order valence-electron chi connectivity index (χ1n) is 6.37. The SMILES string of the molecule is NCC1CN(CC(=O)Nc2ccc(Cl)c(Cl)c2)CCO1. The molecule has 1 amide bonds. The number of carbonyl (C=O) groups is 1. The van der Waals surface area contributed by atoms with Gasteiger partial charge in [0.2, 0.25) is 5.91 Å². The van der Waals surface area contributed by atoms with Crippen LogP contribution in [0.3, 0.4) is 0 Å². The van der Waals surface area contributed by atoms with Crippen LogP contribution in [-0.2, 0) is 9.53 Å². The van der Waals surface area contributed by atoms with E-state index in [9.17, 15) is 4.79 Å². The Morgan fingerprint density at radius 3 is 2.95 bits per heavy atom. The number of carbonyl (C=O) groups excluding carboxylic acids is 1. The molecule has 0 aromatic heterocycles. The van der Waals surface area contributed by atoms with Gasteiger partial charge >= 0.3 is 0 Å². The fourth-order valence-corrected chi connectivity index (χ4v) is 2.34. The molecule has 1 unspecified atom stereocenters. The van der Waals surface area contributed by atoms with E-state index in [4.69, 9.17) is 33.7 Å². The molecule has 1 fully saturated rings. The van der Waals surface area contributed by atoms with Gasteiger partial charge in [0.25, 0.3) is 0 Å². The number of nitrogens with two attached hydrogens (primary N) is 1. The van der Waals surface area contributed by atoms with Gasteiger partial charge in [0.05, 0.1) is 29.3 Å². The zero-order chi connectivity index (χ0) is 14.5. The zero-order valence-electron chi connectivity index (χ0n) is 10.9. The second-order valence-corrected chi connectivity index (χ2v) is 5.46. The van der Waals surface area contributed by atoms with Crippen molar-refractivity contribution in [2.75, 3.05) is 38.1 Å². The van der Waals surface area contributed by atoms with Gasteiger partial charge in [-0.25, -0.2) is 0 Å². The van der Waals surface area contributed by atoms with Gasteiger partial charge in [-0.05, 0) is 18.2 Å². The standard InChI is InChI=1S/C13H17Cl2N3O2/c14-11-2-1-9(5-12(11)15)17-13(19)8-18-3-4-20-10(6-16)7-18/h1-2,5,10H,3-4,6-8,16H2,(H,17,19). The molecule has 110 valence electrons. The maximum absolute atomic E-state index is 12.0. The Morgan fingerprint density at radius 2 is 2.25 bits per heavy atom. The Hall–Kier alpha value is -0.850. The predicted octanol–water partition coefficient (Wildman–Crippen LogP) is 1.59. The largest absolute Gasteiger partial charge is 0.374 e. The van der Waals surface area contributed by atoms with E-state index in [1.807, 2.05) is 4.90 Å². The van der Waals surface area contributed by atoms with Crippen LogP contribution in [0.5, 0.6) is 0 Å². The van der Waals surface area contributed by atoms with E-state index in [-0.39, 0.29) is 12.0 Å². The minimum absolute atomic E-state index is 0.00141. The normalized spacial score (nSPS) is 19.9. The van der Waals surface area contributed by atoms with Crippen molar-refractivity contribution < 1.29 is 9.53 Å². The number of hydrogen-bond donors (Lipinski definition) is 2. The van der Waals surface area contributed by atoms with Crippen LogP contribution in [0.4, 0.5) is 5.69 Å². The minimum atomic E-state index is -0.0962. The molecule has 1 saturated heterocycles. The zero-order valence-corrected chi connectivity index (χ0v) is 12.5. The van der Waals surface area contributed by atoms with Crippen LogP contribution in [0, 0.1) is 0 Å². The van der Waals surface area contributed by atoms with Gasteiger partial charge in [0.1, 0.15) is 0 Å². The average molecular weight is 318 g/mol. The maximum atomic E-state index is 12.0. The van der Waals surface area contributed by atoms with Crippen LogP contribution in [0.15, 0.2) is 18.2 Å². The van der Waals surface area contributed by atoms with Crippen LogP contribution >= 0.6 is 23.2 Å². The molecule has 1 aliphatic rings. The van der Waals surface area contributed by atoms with Crippen molar-refractivity contribution in [3.05, 3.63) is 28.2 Å². The Morgan fingerprint density at radius 1 is 1.45 bits per heavy atom. The van der Waals surface area contributed by atoms with E-state index < -0.39 is 0 Å². The van der Waals surface area contributed by atoms with E-state index >= 15 is 0 Å². The topological polar surface area (TPSA) is 67.6 Å². The summed E-state index contributed by atoms with van der Waals surface area (Å²) in [6, 6.07) is 5.00. The summed E-state index contributed by atoms with van der Waals surface area (Å²) in [7, 11) is 0. The van der Waals surface area contributed by atoms with E-state index in [0.29, 0.717) is 42.0 Å². The summed E-state index contributed by atoms with van der Waals surface area (Å²) in [4.78, 5) is 14.0. The number of nitrogens with one attached hydrogen (secondary N) is 1. The van der Waals surface area contributed by atoms with Crippen LogP contribution in [-0.4, -0.2) is 49.7 Å². The molecule has 2 rings (SSSR count). The fourth-order valence-electron chi connectivity index (χ4n) is 2.04. The number of benzene rings is 1. The molecule has 1 atom stereocenters. The molecule has 5 nitrogen and oxygen atoms in total. The summed E-state index contributed by atoms with van der Waals surface area (Å²) in [5.74, 6) is -0.0962. The lowest BCUT2D eigenvalue weighted by Gasteiger charge is -2.31. The molecule has 1 aliphatic heterocycles. The van der Waals surface area contributed by atoms with Crippen LogP contribution < -0.4 is 11.1 Å². The Kier molecular flexibility index (Phi) is 5.63. The van der Waals surface area contributed by atoms with Gasteiger partial charge in [-0.2, -0.15) is 0 Å². The summed E-state index contributed by atoms with van der Waals surface area (Å²) < 4.78 is 5.46. The minimum Gasteiger partial charge on any atom is -0.374 e. The van der Waals surface area contributed by atoms with Crippen molar-refractivity contribution in [1.82, 2.24) is 4.90 Å². The lowest BCUT2D eigenvalue weighted by molar-refractivity contribution is -0.119. The Balaban J connectivity index is 1.87. The van der Waals surface area contributed by atoms with Crippen molar-refractivity contribution in [2.24, 2.45) is 5.73 Å². The molecule has 0 spiro atoms. The van der Waals surface area contributed by atoms with Crippen LogP contribution in [0.1, 0.15) is 0 Å². The van der Waals surface area contributed by atoms with E-state index in [1.54, 1.807) is 18.2 Å². The summed E-state index contributed by atoms with van der Waals surface area (Å²) >= 11 is 11.7. The van der Waals surface area contributed by atoms with Crippen LogP contribution in [0.2, 0.25) is 10.0 Å². The molecular weight excluding hydrogens is 301 g/mol. The molecule has 0 aliphatic carbocycles. The van der Waals surface area contributed by atoms with Gasteiger partial charge in [0.15, 0.2) is 0 Å². The second kappa shape index (κ2) is 7.24. The van der Waals surface area contributed by atoms with E-state index in [0.717, 1.165) is 6.54 Å². The van der Waals surface area contributed by atoms with Gasteiger partial charge in [-0.15, -0.1) is 0 Å². The molecule has 1 aromatic rings. The van der Waals surface area contributed by atoms with E-state index in [1.165, 1.54) is 0 Å². The van der Waals surface area contributed by atoms with Crippen LogP contribution in [0.25, 0.3) is 0 Å². The first-order valence-corrected chi connectivity index (χ1v) is 7.13. The number of hydrogen-bond acceptors (Lipinski definition) is 4. The molecule has 7 heteroatoms. The smallest absolute Gasteiger partial charge is 0.238 e. The van der Waals surface area contributed by atoms with Gasteiger partial charge < -0.3 is 15.8 Å². The first-order chi connectivity index (χ1) is 9.58. The molecular formula is C13H17Cl2N3O2. The van der Waals surface area contributed by atoms with Crippen molar-refractivity contribution in [3.8, 4) is 0 Å². The van der Waals surface area contributed by atoms with Gasteiger partial charge in [-0.1, -0.05) is 23.2 Å². The van der Waals surface area contributed by atoms with Crippen molar-refractivity contribution in [3.63, 3.8) is 0 Å². The second-order valence-electron chi connectivity index (χ2n) is 4.64. The summed E-state index contributed by atoms with van der Waals surface area (Å²) in [5, 5.41) is 3.67. The summed E-state index contributed by atoms with van der Waals surface area (Å²) in [5.41, 5.74) is 6.20. The number of nitrogens with zero attached hydrogens (tertiary/aromatic N) is 1. The van der Waals surface area contributed by atoms with Gasteiger partial charge in [-0.3, -0.25) is 9.69 Å². The highest BCUT2D eigenvalue weighted by Crippen LogP contribution is 2.24. The highest BCUT2D eigenvalue weighted by Gasteiger charge is 2.21. The Bertz CT molecular complexity index is 485. The molecule has 1 aromatic carbocycles. The van der Waals surface area contributed by atoms with Crippen molar-refractivity contribution >= 4 is 34.8 Å². The quantitative estimate of drug-likeness (QED) is 0.885. The monoisotopic (exact) mass is 317 g/mol.